The van der Waals surface area contributed by atoms with Crippen LogP contribution in [-0.4, -0.2) is 4.69 Å². The van der Waals surface area contributed by atoms with Gasteiger partial charge in [-0.05, 0) is 28.8 Å². The highest BCUT2D eigenvalue weighted by Gasteiger charge is 2.02. The predicted octanol–water partition coefficient (Wildman–Crippen LogP) is 2.18. The summed E-state index contributed by atoms with van der Waals surface area (Å²) in [5.74, 6) is 0. The van der Waals surface area contributed by atoms with Gasteiger partial charge < -0.3 is 0 Å². The molecule has 0 amide bonds. The molecule has 1 rings (SSSR count). The fourth-order valence-electron chi connectivity index (χ4n) is 0.759. The molecule has 0 N–H and O–H groups in total. The standard InChI is InChI=1S/C7H7BrO/c8-7(9)6-4-2-1-3-5-6/h2,4-5H,1,3H2. The molecule has 0 radical (unpaired) electrons. The molecule has 0 spiro atoms. The molecule has 0 aliphatic heterocycles. The van der Waals surface area contributed by atoms with E-state index in [1.54, 1.807) is 0 Å². The highest BCUT2D eigenvalue weighted by Crippen LogP contribution is 2.12. The number of hydrogen-bond acceptors (Lipinski definition) is 1. The van der Waals surface area contributed by atoms with Crippen molar-refractivity contribution in [3.05, 3.63) is 23.8 Å². The summed E-state index contributed by atoms with van der Waals surface area (Å²) in [6, 6.07) is 0. The molecule has 0 atom stereocenters. The SMILES string of the molecule is O=C(Br)C1=CCCC=C1. The van der Waals surface area contributed by atoms with Crippen LogP contribution in [0.15, 0.2) is 23.8 Å². The van der Waals surface area contributed by atoms with E-state index in [-0.39, 0.29) is 4.69 Å². The van der Waals surface area contributed by atoms with E-state index in [1.807, 2.05) is 18.2 Å². The van der Waals surface area contributed by atoms with Gasteiger partial charge in [-0.2, -0.15) is 0 Å². The van der Waals surface area contributed by atoms with Crippen LogP contribution in [0.4, 0.5) is 0 Å². The summed E-state index contributed by atoms with van der Waals surface area (Å²) in [6.07, 6.45) is 7.85. The van der Waals surface area contributed by atoms with Crippen LogP contribution in [0.1, 0.15) is 12.8 Å². The van der Waals surface area contributed by atoms with Crippen LogP contribution in [-0.2, 0) is 4.79 Å². The Morgan fingerprint density at radius 3 is 2.67 bits per heavy atom. The van der Waals surface area contributed by atoms with Gasteiger partial charge in [0.25, 0.3) is 0 Å². The van der Waals surface area contributed by atoms with Crippen LogP contribution < -0.4 is 0 Å². The average molecular weight is 187 g/mol. The van der Waals surface area contributed by atoms with Crippen LogP contribution in [0, 0.1) is 0 Å². The van der Waals surface area contributed by atoms with Gasteiger partial charge in [0.2, 0.25) is 4.69 Å². The van der Waals surface area contributed by atoms with Crippen molar-refractivity contribution in [3.8, 4) is 0 Å². The van der Waals surface area contributed by atoms with Crippen molar-refractivity contribution in [2.75, 3.05) is 0 Å². The zero-order valence-corrected chi connectivity index (χ0v) is 6.52. The number of carbonyl (C=O) groups is 1. The number of halogens is 1. The molecular formula is C7H7BrO. The number of hydrogen-bond donors (Lipinski definition) is 0. The van der Waals surface area contributed by atoms with Gasteiger partial charge in [0, 0.05) is 5.57 Å². The molecule has 1 aliphatic rings. The average Bonchev–Trinajstić information content (AvgIpc) is 1.90. The Labute approximate surface area is 62.6 Å². The van der Waals surface area contributed by atoms with Gasteiger partial charge in [-0.1, -0.05) is 18.2 Å². The molecule has 0 aromatic heterocycles. The molecule has 0 fully saturated rings. The quantitative estimate of drug-likeness (QED) is 0.575. The minimum absolute atomic E-state index is 0.0153. The second-order valence-electron chi connectivity index (χ2n) is 1.91. The number of allylic oxidation sites excluding steroid dienone is 4. The topological polar surface area (TPSA) is 17.1 Å². The lowest BCUT2D eigenvalue weighted by atomic mass is 10.1. The summed E-state index contributed by atoms with van der Waals surface area (Å²) in [7, 11) is 0. The fourth-order valence-corrected chi connectivity index (χ4v) is 1.05. The Morgan fingerprint density at radius 1 is 1.56 bits per heavy atom. The Hall–Kier alpha value is -0.370. The molecule has 9 heavy (non-hydrogen) atoms. The van der Waals surface area contributed by atoms with Crippen molar-refractivity contribution in [1.82, 2.24) is 0 Å². The van der Waals surface area contributed by atoms with Crippen LogP contribution in [0.2, 0.25) is 0 Å². The summed E-state index contributed by atoms with van der Waals surface area (Å²) in [5.41, 5.74) is 0.779. The van der Waals surface area contributed by atoms with Crippen LogP contribution in [0.5, 0.6) is 0 Å². The summed E-state index contributed by atoms with van der Waals surface area (Å²) in [6.45, 7) is 0. The zero-order chi connectivity index (χ0) is 6.69. The van der Waals surface area contributed by atoms with E-state index in [4.69, 9.17) is 0 Å². The van der Waals surface area contributed by atoms with E-state index < -0.39 is 0 Å². The molecule has 0 saturated heterocycles. The molecule has 0 unspecified atom stereocenters. The van der Waals surface area contributed by atoms with Gasteiger partial charge in [-0.25, -0.2) is 0 Å². The van der Waals surface area contributed by atoms with Crippen molar-refractivity contribution < 1.29 is 4.79 Å². The lowest BCUT2D eigenvalue weighted by Crippen LogP contribution is -1.91. The molecule has 1 aliphatic carbocycles. The lowest BCUT2D eigenvalue weighted by Gasteiger charge is -1.99. The largest absolute Gasteiger partial charge is 0.281 e. The molecule has 1 nitrogen and oxygen atoms in total. The minimum Gasteiger partial charge on any atom is -0.281 e. The maximum atomic E-state index is 10.6. The predicted molar refractivity (Wildman–Crippen MR) is 40.4 cm³/mol. The minimum atomic E-state index is -0.0153. The molecular weight excluding hydrogens is 180 g/mol. The van der Waals surface area contributed by atoms with Gasteiger partial charge in [-0.15, -0.1) is 0 Å². The van der Waals surface area contributed by atoms with Gasteiger partial charge in [0.1, 0.15) is 0 Å². The second kappa shape index (κ2) is 2.97. The van der Waals surface area contributed by atoms with E-state index >= 15 is 0 Å². The first kappa shape index (κ1) is 6.75. The van der Waals surface area contributed by atoms with Gasteiger partial charge in [0.15, 0.2) is 0 Å². The van der Waals surface area contributed by atoms with Crippen molar-refractivity contribution in [2.24, 2.45) is 0 Å². The lowest BCUT2D eigenvalue weighted by molar-refractivity contribution is -0.107. The first-order chi connectivity index (χ1) is 4.30. The van der Waals surface area contributed by atoms with Gasteiger partial charge in [0.05, 0.1) is 0 Å². The third-order valence-corrected chi connectivity index (χ3v) is 1.68. The molecule has 0 heterocycles. The molecule has 0 aromatic carbocycles. The Kier molecular flexibility index (Phi) is 2.22. The molecule has 48 valence electrons. The Morgan fingerprint density at radius 2 is 2.33 bits per heavy atom. The van der Waals surface area contributed by atoms with Crippen LogP contribution in [0.25, 0.3) is 0 Å². The maximum Gasteiger partial charge on any atom is 0.227 e. The highest BCUT2D eigenvalue weighted by molar-refractivity contribution is 9.18. The number of carbonyl (C=O) groups excluding carboxylic acids is 1. The smallest absolute Gasteiger partial charge is 0.227 e. The third kappa shape index (κ3) is 1.79. The van der Waals surface area contributed by atoms with Crippen molar-refractivity contribution in [2.45, 2.75) is 12.8 Å². The normalized spacial score (nSPS) is 17.2. The summed E-state index contributed by atoms with van der Waals surface area (Å²) in [4.78, 5) is 10.6. The van der Waals surface area contributed by atoms with Crippen LogP contribution in [0.3, 0.4) is 0 Å². The summed E-state index contributed by atoms with van der Waals surface area (Å²) >= 11 is 2.88. The molecule has 0 bridgehead atoms. The second-order valence-corrected chi connectivity index (χ2v) is 2.63. The van der Waals surface area contributed by atoms with E-state index in [0.29, 0.717) is 0 Å². The van der Waals surface area contributed by atoms with E-state index in [9.17, 15) is 4.79 Å². The van der Waals surface area contributed by atoms with E-state index in [1.165, 1.54) is 0 Å². The monoisotopic (exact) mass is 186 g/mol. The van der Waals surface area contributed by atoms with Gasteiger partial charge in [-0.3, -0.25) is 4.79 Å². The molecule has 2 heteroatoms. The van der Waals surface area contributed by atoms with E-state index in [0.717, 1.165) is 18.4 Å². The molecule has 0 saturated carbocycles. The number of rotatable bonds is 1. The van der Waals surface area contributed by atoms with Crippen LogP contribution >= 0.6 is 15.9 Å². The summed E-state index contributed by atoms with van der Waals surface area (Å²) in [5, 5.41) is 0. The highest BCUT2D eigenvalue weighted by atomic mass is 79.9. The van der Waals surface area contributed by atoms with Crippen molar-refractivity contribution in [3.63, 3.8) is 0 Å². The van der Waals surface area contributed by atoms with Gasteiger partial charge >= 0.3 is 0 Å². The summed E-state index contributed by atoms with van der Waals surface area (Å²) < 4.78 is -0.0153. The first-order valence-corrected chi connectivity index (χ1v) is 3.66. The van der Waals surface area contributed by atoms with Crippen molar-refractivity contribution in [1.29, 1.82) is 0 Å². The Balaban J connectivity index is 2.69. The zero-order valence-electron chi connectivity index (χ0n) is 4.93. The maximum absolute atomic E-state index is 10.6. The van der Waals surface area contributed by atoms with Crippen molar-refractivity contribution >= 4 is 20.6 Å². The fraction of sp³-hybridized carbons (Fsp3) is 0.286. The Bertz CT molecular complexity index is 179. The van der Waals surface area contributed by atoms with E-state index in [2.05, 4.69) is 15.9 Å². The third-order valence-electron chi connectivity index (χ3n) is 1.22. The molecule has 0 aromatic rings. The first-order valence-electron chi connectivity index (χ1n) is 2.87.